The molecule has 0 radical (unpaired) electrons. The Morgan fingerprint density at radius 2 is 2.04 bits per heavy atom. The summed E-state index contributed by atoms with van der Waals surface area (Å²) in [5.41, 5.74) is 2.56. The Labute approximate surface area is 158 Å². The molecule has 0 atom stereocenters. The number of rotatable bonds is 5. The van der Waals surface area contributed by atoms with E-state index in [4.69, 9.17) is 9.26 Å². The van der Waals surface area contributed by atoms with Crippen molar-refractivity contribution in [3.8, 4) is 0 Å². The molecule has 8 heteroatoms. The summed E-state index contributed by atoms with van der Waals surface area (Å²) in [4.78, 5) is 9.22. The monoisotopic (exact) mass is 370 g/mol. The van der Waals surface area contributed by atoms with Gasteiger partial charge in [0, 0.05) is 38.3 Å². The van der Waals surface area contributed by atoms with E-state index in [-0.39, 0.29) is 0 Å². The normalized spacial score (nSPS) is 20.9. The summed E-state index contributed by atoms with van der Waals surface area (Å²) in [5, 5.41) is 13.0. The fourth-order valence-electron chi connectivity index (χ4n) is 4.19. The highest BCUT2D eigenvalue weighted by Crippen LogP contribution is 2.28. The Kier molecular flexibility index (Phi) is 4.53. The Hall–Kier alpha value is -2.06. The second-order valence-corrected chi connectivity index (χ2v) is 7.94. The first-order chi connectivity index (χ1) is 13.3. The lowest BCUT2D eigenvalue weighted by Crippen LogP contribution is -2.58. The molecule has 8 nitrogen and oxygen atoms in total. The molecular formula is C19H26N6O2. The van der Waals surface area contributed by atoms with Crippen molar-refractivity contribution >= 4 is 5.82 Å². The van der Waals surface area contributed by atoms with Crippen molar-refractivity contribution in [1.82, 2.24) is 25.2 Å². The number of anilines is 1. The number of fused-ring (bicyclic) bond motifs is 1. The lowest BCUT2D eigenvalue weighted by molar-refractivity contribution is 0.0778. The van der Waals surface area contributed by atoms with Gasteiger partial charge in [0.2, 0.25) is 5.89 Å². The Morgan fingerprint density at radius 3 is 2.89 bits per heavy atom. The zero-order valence-electron chi connectivity index (χ0n) is 15.8. The van der Waals surface area contributed by atoms with E-state index in [1.807, 2.05) is 0 Å². The Balaban J connectivity index is 1.15. The van der Waals surface area contributed by atoms with Gasteiger partial charge in [0.25, 0.3) is 0 Å². The van der Waals surface area contributed by atoms with Crippen molar-refractivity contribution in [3.05, 3.63) is 29.0 Å². The number of likely N-dealkylation sites (N-methyl/N-ethyl adjacent to an activating group) is 1. The predicted molar refractivity (Wildman–Crippen MR) is 98.6 cm³/mol. The van der Waals surface area contributed by atoms with Crippen LogP contribution in [0.2, 0.25) is 0 Å². The summed E-state index contributed by atoms with van der Waals surface area (Å²) < 4.78 is 10.9. The fourth-order valence-corrected chi connectivity index (χ4v) is 4.19. The van der Waals surface area contributed by atoms with Gasteiger partial charge >= 0.3 is 0 Å². The van der Waals surface area contributed by atoms with Gasteiger partial charge in [-0.15, -0.1) is 5.10 Å². The molecule has 0 unspecified atom stereocenters. The molecular weight excluding hydrogens is 344 g/mol. The molecule has 0 N–H and O–H groups in total. The first-order valence-electron chi connectivity index (χ1n) is 9.97. The number of nitrogens with zero attached hydrogens (tertiary/aromatic N) is 6. The van der Waals surface area contributed by atoms with Crippen molar-refractivity contribution in [3.63, 3.8) is 0 Å². The molecule has 2 fully saturated rings. The highest BCUT2D eigenvalue weighted by atomic mass is 16.5. The highest BCUT2D eigenvalue weighted by molar-refractivity contribution is 5.45. The number of hydrogen-bond donors (Lipinski definition) is 0. The molecule has 0 spiro atoms. The molecule has 144 valence electrons. The molecule has 2 aromatic rings. The average Bonchev–Trinajstić information content (AvgIpc) is 3.30. The number of aryl methyl sites for hydroxylation is 2. The summed E-state index contributed by atoms with van der Waals surface area (Å²) in [7, 11) is 2.13. The molecule has 2 saturated heterocycles. The van der Waals surface area contributed by atoms with Crippen molar-refractivity contribution < 1.29 is 9.26 Å². The molecule has 2 aromatic heterocycles. The van der Waals surface area contributed by atoms with Gasteiger partial charge in [-0.1, -0.05) is 5.16 Å². The van der Waals surface area contributed by atoms with Crippen LogP contribution < -0.4 is 4.90 Å². The van der Waals surface area contributed by atoms with Crippen LogP contribution in [0.4, 0.5) is 5.82 Å². The third-order valence-corrected chi connectivity index (χ3v) is 6.06. The summed E-state index contributed by atoms with van der Waals surface area (Å²) in [6.45, 7) is 4.21. The summed E-state index contributed by atoms with van der Waals surface area (Å²) >= 11 is 0. The minimum Gasteiger partial charge on any atom is -0.381 e. The molecule has 0 aromatic carbocycles. The topological polar surface area (TPSA) is 80.4 Å². The van der Waals surface area contributed by atoms with Gasteiger partial charge < -0.3 is 14.2 Å². The van der Waals surface area contributed by atoms with Crippen molar-refractivity contribution in [2.75, 3.05) is 38.3 Å². The lowest BCUT2D eigenvalue weighted by Gasteiger charge is -2.44. The quantitative estimate of drug-likeness (QED) is 0.784. The molecule has 4 heterocycles. The first-order valence-corrected chi connectivity index (χ1v) is 9.97. The standard InChI is InChI=1S/C19H26N6O2/c1-24(12-17-20-19(27-23-17)13-5-7-26-8-6-13)15-10-25(11-15)18-9-14-3-2-4-16(14)21-22-18/h9,13,15H,2-8,10-12H2,1H3. The molecule has 3 aliphatic rings. The summed E-state index contributed by atoms with van der Waals surface area (Å²) in [6.07, 6.45) is 5.37. The molecule has 0 saturated carbocycles. The zero-order valence-corrected chi connectivity index (χ0v) is 15.8. The second kappa shape index (κ2) is 7.16. The minimum absolute atomic E-state index is 0.350. The molecule has 27 heavy (non-hydrogen) atoms. The fraction of sp³-hybridized carbons (Fsp3) is 0.684. The second-order valence-electron chi connectivity index (χ2n) is 7.94. The van der Waals surface area contributed by atoms with E-state index in [9.17, 15) is 0 Å². The predicted octanol–water partition coefficient (Wildman–Crippen LogP) is 1.56. The van der Waals surface area contributed by atoms with Gasteiger partial charge in [-0.2, -0.15) is 10.1 Å². The lowest BCUT2D eigenvalue weighted by atomic mass is 10.0. The van der Waals surface area contributed by atoms with E-state index in [0.717, 1.165) is 69.5 Å². The maximum absolute atomic E-state index is 5.50. The van der Waals surface area contributed by atoms with E-state index in [1.54, 1.807) is 0 Å². The molecule has 0 bridgehead atoms. The molecule has 0 amide bonds. The Morgan fingerprint density at radius 1 is 1.19 bits per heavy atom. The van der Waals surface area contributed by atoms with Gasteiger partial charge in [0.1, 0.15) is 0 Å². The van der Waals surface area contributed by atoms with Crippen LogP contribution in [0.5, 0.6) is 0 Å². The zero-order chi connectivity index (χ0) is 18.2. The minimum atomic E-state index is 0.350. The van der Waals surface area contributed by atoms with Gasteiger partial charge in [-0.3, -0.25) is 4.90 Å². The van der Waals surface area contributed by atoms with Gasteiger partial charge in [-0.25, -0.2) is 0 Å². The summed E-state index contributed by atoms with van der Waals surface area (Å²) in [5.74, 6) is 2.91. The highest BCUT2D eigenvalue weighted by Gasteiger charge is 2.32. The molecule has 1 aliphatic carbocycles. The van der Waals surface area contributed by atoms with Gasteiger partial charge in [-0.05, 0) is 50.8 Å². The van der Waals surface area contributed by atoms with Crippen LogP contribution in [0.15, 0.2) is 10.6 Å². The van der Waals surface area contributed by atoms with Crippen LogP contribution in [-0.2, 0) is 24.1 Å². The SMILES string of the molecule is CN(Cc1noc(C2CCOCC2)n1)C1CN(c2cc3c(nn2)CCC3)C1. The van der Waals surface area contributed by atoms with E-state index in [2.05, 4.69) is 43.3 Å². The van der Waals surface area contributed by atoms with E-state index in [0.29, 0.717) is 18.5 Å². The van der Waals surface area contributed by atoms with Crippen molar-refractivity contribution in [2.24, 2.45) is 0 Å². The molecule has 2 aliphatic heterocycles. The number of aromatic nitrogens is 4. The van der Waals surface area contributed by atoms with Crippen LogP contribution in [0.25, 0.3) is 0 Å². The van der Waals surface area contributed by atoms with Crippen molar-refractivity contribution in [2.45, 2.75) is 50.6 Å². The van der Waals surface area contributed by atoms with Crippen LogP contribution >= 0.6 is 0 Å². The van der Waals surface area contributed by atoms with E-state index in [1.165, 1.54) is 17.7 Å². The van der Waals surface area contributed by atoms with E-state index < -0.39 is 0 Å². The molecule has 5 rings (SSSR count). The maximum Gasteiger partial charge on any atom is 0.229 e. The average molecular weight is 370 g/mol. The van der Waals surface area contributed by atoms with Crippen molar-refractivity contribution in [1.29, 1.82) is 0 Å². The van der Waals surface area contributed by atoms with Crippen LogP contribution in [0.3, 0.4) is 0 Å². The van der Waals surface area contributed by atoms with Crippen LogP contribution in [0, 0.1) is 0 Å². The number of ether oxygens (including phenoxy) is 1. The van der Waals surface area contributed by atoms with Gasteiger partial charge in [0.15, 0.2) is 11.6 Å². The smallest absolute Gasteiger partial charge is 0.229 e. The third kappa shape index (κ3) is 3.43. The maximum atomic E-state index is 5.50. The van der Waals surface area contributed by atoms with Crippen LogP contribution in [-0.4, -0.2) is 64.6 Å². The largest absolute Gasteiger partial charge is 0.381 e. The summed E-state index contributed by atoms with van der Waals surface area (Å²) in [6, 6.07) is 2.70. The van der Waals surface area contributed by atoms with Gasteiger partial charge in [0.05, 0.1) is 12.2 Å². The van der Waals surface area contributed by atoms with E-state index >= 15 is 0 Å². The van der Waals surface area contributed by atoms with Crippen LogP contribution in [0.1, 0.15) is 48.2 Å². The third-order valence-electron chi connectivity index (χ3n) is 6.06. The first kappa shape index (κ1) is 17.1. The Bertz CT molecular complexity index is 797. The number of hydrogen-bond acceptors (Lipinski definition) is 8.